The van der Waals surface area contributed by atoms with Gasteiger partial charge in [0.15, 0.2) is 11.6 Å². The SMILES string of the molecule is O=C(CCc1ccccc1)N1CC[C@@H](c2cc(CCOc3ccccc3F)[nH]n2)C1. The third kappa shape index (κ3) is 5.06. The molecule has 0 unspecified atom stereocenters. The van der Waals surface area contributed by atoms with Crippen LogP contribution in [0.1, 0.15) is 35.7 Å². The topological polar surface area (TPSA) is 58.2 Å². The van der Waals surface area contributed by atoms with Crippen molar-refractivity contribution in [2.75, 3.05) is 19.7 Å². The molecule has 1 aliphatic rings. The van der Waals surface area contributed by atoms with Crippen molar-refractivity contribution in [3.05, 3.63) is 83.4 Å². The Kier molecular flexibility index (Phi) is 6.42. The number of aryl methyl sites for hydroxylation is 1. The van der Waals surface area contributed by atoms with Crippen molar-refractivity contribution in [1.29, 1.82) is 0 Å². The fourth-order valence-corrected chi connectivity index (χ4v) is 3.83. The minimum absolute atomic E-state index is 0.204. The number of nitrogens with one attached hydrogen (secondary N) is 1. The van der Waals surface area contributed by atoms with Crippen molar-refractivity contribution in [2.24, 2.45) is 0 Å². The largest absolute Gasteiger partial charge is 0.490 e. The number of hydrogen-bond acceptors (Lipinski definition) is 3. The van der Waals surface area contributed by atoms with Crippen LogP contribution in [0.3, 0.4) is 0 Å². The molecule has 1 aromatic heterocycles. The van der Waals surface area contributed by atoms with Gasteiger partial charge in [0.2, 0.25) is 5.91 Å². The number of hydrogen-bond donors (Lipinski definition) is 1. The van der Waals surface area contributed by atoms with Crippen LogP contribution in [0.15, 0.2) is 60.7 Å². The molecule has 5 nitrogen and oxygen atoms in total. The molecule has 2 aromatic carbocycles. The molecular weight excluding hydrogens is 381 g/mol. The Bertz CT molecular complexity index is 973. The minimum Gasteiger partial charge on any atom is -0.490 e. The second-order valence-electron chi connectivity index (χ2n) is 7.66. The van der Waals surface area contributed by atoms with E-state index < -0.39 is 0 Å². The number of likely N-dealkylation sites (tertiary alicyclic amines) is 1. The second-order valence-corrected chi connectivity index (χ2v) is 7.66. The maximum absolute atomic E-state index is 13.6. The van der Waals surface area contributed by atoms with Gasteiger partial charge in [-0.1, -0.05) is 42.5 Å². The summed E-state index contributed by atoms with van der Waals surface area (Å²) in [7, 11) is 0. The Morgan fingerprint density at radius 1 is 1.13 bits per heavy atom. The van der Waals surface area contributed by atoms with Crippen LogP contribution >= 0.6 is 0 Å². The highest BCUT2D eigenvalue weighted by molar-refractivity contribution is 5.76. The molecule has 1 atom stereocenters. The number of nitrogens with zero attached hydrogens (tertiary/aromatic N) is 2. The molecule has 1 aliphatic heterocycles. The van der Waals surface area contributed by atoms with Crippen LogP contribution in [0.4, 0.5) is 4.39 Å². The quantitative estimate of drug-likeness (QED) is 0.611. The van der Waals surface area contributed by atoms with E-state index in [0.29, 0.717) is 26.0 Å². The molecule has 0 spiro atoms. The molecule has 3 aromatic rings. The zero-order valence-electron chi connectivity index (χ0n) is 16.9. The Morgan fingerprint density at radius 2 is 1.93 bits per heavy atom. The summed E-state index contributed by atoms with van der Waals surface area (Å²) in [5.41, 5.74) is 3.13. The average molecular weight is 407 g/mol. The first kappa shape index (κ1) is 20.1. The van der Waals surface area contributed by atoms with E-state index in [4.69, 9.17) is 4.74 Å². The van der Waals surface area contributed by atoms with Crippen molar-refractivity contribution in [3.63, 3.8) is 0 Å². The van der Waals surface area contributed by atoms with Crippen molar-refractivity contribution >= 4 is 5.91 Å². The number of para-hydroxylation sites is 1. The number of benzene rings is 2. The van der Waals surface area contributed by atoms with Gasteiger partial charge in [0.1, 0.15) is 0 Å². The minimum atomic E-state index is -0.356. The maximum atomic E-state index is 13.6. The first-order valence-electron chi connectivity index (χ1n) is 10.4. The third-order valence-electron chi connectivity index (χ3n) is 5.55. The van der Waals surface area contributed by atoms with Crippen molar-refractivity contribution < 1.29 is 13.9 Å². The molecule has 30 heavy (non-hydrogen) atoms. The van der Waals surface area contributed by atoms with Gasteiger partial charge >= 0.3 is 0 Å². The van der Waals surface area contributed by atoms with Crippen LogP contribution < -0.4 is 4.74 Å². The van der Waals surface area contributed by atoms with Crippen molar-refractivity contribution in [3.8, 4) is 5.75 Å². The lowest BCUT2D eigenvalue weighted by atomic mass is 10.0. The van der Waals surface area contributed by atoms with E-state index in [0.717, 1.165) is 30.8 Å². The Hall–Kier alpha value is -3.15. The van der Waals surface area contributed by atoms with Crippen LogP contribution in [0, 0.1) is 5.82 Å². The zero-order valence-corrected chi connectivity index (χ0v) is 16.9. The molecule has 0 saturated carbocycles. The molecule has 4 rings (SSSR count). The summed E-state index contributed by atoms with van der Waals surface area (Å²) in [6.07, 6.45) is 2.85. The van der Waals surface area contributed by atoms with Gasteiger partial charge in [-0.3, -0.25) is 9.89 Å². The zero-order chi connectivity index (χ0) is 20.8. The molecule has 0 bridgehead atoms. The highest BCUT2D eigenvalue weighted by Gasteiger charge is 2.28. The normalized spacial score (nSPS) is 16.0. The molecule has 0 radical (unpaired) electrons. The van der Waals surface area contributed by atoms with Gasteiger partial charge in [-0.05, 0) is 36.6 Å². The molecule has 1 saturated heterocycles. The van der Waals surface area contributed by atoms with Crippen LogP contribution in [0.2, 0.25) is 0 Å². The second kappa shape index (κ2) is 9.57. The summed E-state index contributed by atoms with van der Waals surface area (Å²) >= 11 is 0. The third-order valence-corrected chi connectivity index (χ3v) is 5.55. The van der Waals surface area contributed by atoms with E-state index in [1.165, 1.54) is 11.6 Å². The van der Waals surface area contributed by atoms with Crippen LogP contribution in [0.5, 0.6) is 5.75 Å². The van der Waals surface area contributed by atoms with Crippen LogP contribution in [-0.4, -0.2) is 40.7 Å². The van der Waals surface area contributed by atoms with E-state index >= 15 is 0 Å². The monoisotopic (exact) mass is 407 g/mol. The Labute approximate surface area is 175 Å². The molecule has 1 amide bonds. The number of rotatable bonds is 8. The lowest BCUT2D eigenvalue weighted by Gasteiger charge is -2.16. The van der Waals surface area contributed by atoms with E-state index in [1.807, 2.05) is 29.2 Å². The fourth-order valence-electron chi connectivity index (χ4n) is 3.83. The summed E-state index contributed by atoms with van der Waals surface area (Å²) in [6, 6.07) is 18.5. The number of carbonyl (C=O) groups is 1. The van der Waals surface area contributed by atoms with Gasteiger partial charge in [-0.25, -0.2) is 4.39 Å². The lowest BCUT2D eigenvalue weighted by molar-refractivity contribution is -0.130. The van der Waals surface area contributed by atoms with E-state index in [1.54, 1.807) is 18.2 Å². The number of halogens is 1. The first-order chi connectivity index (χ1) is 14.7. The summed E-state index contributed by atoms with van der Waals surface area (Å²) in [5.74, 6) is 0.363. The number of ether oxygens (including phenoxy) is 1. The number of carbonyl (C=O) groups excluding carboxylic acids is 1. The summed E-state index contributed by atoms with van der Waals surface area (Å²) in [6.45, 7) is 1.86. The predicted molar refractivity (Wildman–Crippen MR) is 113 cm³/mol. The van der Waals surface area contributed by atoms with Gasteiger partial charge < -0.3 is 9.64 Å². The summed E-state index contributed by atoms with van der Waals surface area (Å²) in [4.78, 5) is 14.5. The molecule has 1 N–H and O–H groups in total. The molecular formula is C24H26FN3O2. The van der Waals surface area contributed by atoms with Gasteiger partial charge in [0, 0.05) is 37.5 Å². The summed E-state index contributed by atoms with van der Waals surface area (Å²) in [5, 5.41) is 7.48. The van der Waals surface area contributed by atoms with E-state index in [2.05, 4.69) is 22.3 Å². The van der Waals surface area contributed by atoms with E-state index in [9.17, 15) is 9.18 Å². The predicted octanol–water partition coefficient (Wildman–Crippen LogP) is 4.12. The molecule has 156 valence electrons. The maximum Gasteiger partial charge on any atom is 0.222 e. The molecule has 2 heterocycles. The number of aromatic amines is 1. The molecule has 1 fully saturated rings. The van der Waals surface area contributed by atoms with Gasteiger partial charge in [-0.15, -0.1) is 0 Å². The fraction of sp³-hybridized carbons (Fsp3) is 0.333. The van der Waals surface area contributed by atoms with Crippen molar-refractivity contribution in [1.82, 2.24) is 15.1 Å². The number of amides is 1. The number of aromatic nitrogens is 2. The standard InChI is InChI=1S/C24H26FN3O2/c25-21-8-4-5-9-23(21)30-15-13-20-16-22(27-26-20)19-12-14-28(17-19)24(29)11-10-18-6-2-1-3-7-18/h1-9,16,19H,10-15,17H2,(H,26,27)/t19-/m1/s1. The summed E-state index contributed by atoms with van der Waals surface area (Å²) < 4.78 is 19.1. The van der Waals surface area contributed by atoms with Crippen LogP contribution in [0.25, 0.3) is 0 Å². The Morgan fingerprint density at radius 3 is 2.77 bits per heavy atom. The lowest BCUT2D eigenvalue weighted by Crippen LogP contribution is -2.28. The van der Waals surface area contributed by atoms with Gasteiger partial charge in [0.25, 0.3) is 0 Å². The van der Waals surface area contributed by atoms with Crippen molar-refractivity contribution in [2.45, 2.75) is 31.6 Å². The first-order valence-corrected chi connectivity index (χ1v) is 10.4. The average Bonchev–Trinajstić information content (AvgIpc) is 3.44. The van der Waals surface area contributed by atoms with Gasteiger partial charge in [-0.2, -0.15) is 5.10 Å². The smallest absolute Gasteiger partial charge is 0.222 e. The van der Waals surface area contributed by atoms with E-state index in [-0.39, 0.29) is 23.4 Å². The number of H-pyrrole nitrogens is 1. The van der Waals surface area contributed by atoms with Gasteiger partial charge in [0.05, 0.1) is 12.3 Å². The highest BCUT2D eigenvalue weighted by Crippen LogP contribution is 2.27. The molecule has 0 aliphatic carbocycles. The highest BCUT2D eigenvalue weighted by atomic mass is 19.1. The van der Waals surface area contributed by atoms with Crippen LogP contribution in [-0.2, 0) is 17.6 Å². The Balaban J connectivity index is 1.24. The molecule has 6 heteroatoms.